The van der Waals surface area contributed by atoms with Gasteiger partial charge in [0.1, 0.15) is 5.84 Å². The van der Waals surface area contributed by atoms with E-state index in [0.717, 1.165) is 11.8 Å². The van der Waals surface area contributed by atoms with Crippen LogP contribution in [0.15, 0.2) is 41.0 Å². The molecule has 0 unspecified atom stereocenters. The Morgan fingerprint density at radius 2 is 1.81 bits per heavy atom. The third-order valence-electron chi connectivity index (χ3n) is 1.99. The van der Waals surface area contributed by atoms with Gasteiger partial charge in [-0.05, 0) is 19.1 Å². The first-order valence-electron chi connectivity index (χ1n) is 4.67. The van der Waals surface area contributed by atoms with Crippen LogP contribution in [0.25, 0.3) is 0 Å². The molecule has 0 aliphatic heterocycles. The highest BCUT2D eigenvalue weighted by Gasteiger charge is 2.08. The number of nitrogens with zero attached hydrogens (tertiary/aromatic N) is 1. The quantitative estimate of drug-likeness (QED) is 0.386. The molecule has 16 heavy (non-hydrogen) atoms. The van der Waals surface area contributed by atoms with E-state index in [1.54, 1.807) is 12.1 Å². The second-order valence-electron chi connectivity index (χ2n) is 3.28. The molecule has 0 fully saturated rings. The zero-order chi connectivity index (χ0) is 12.1. The molecule has 0 heterocycles. The van der Waals surface area contributed by atoms with Crippen LogP contribution in [0.2, 0.25) is 0 Å². The Morgan fingerprint density at radius 1 is 1.25 bits per heavy atom. The number of nitrogens with two attached hydrogens (primary N) is 3. The molecule has 0 atom stereocenters. The van der Waals surface area contributed by atoms with Gasteiger partial charge >= 0.3 is 0 Å². The van der Waals surface area contributed by atoms with Gasteiger partial charge in [-0.15, -0.1) is 0 Å². The van der Waals surface area contributed by atoms with E-state index in [4.69, 9.17) is 17.2 Å². The number of rotatable bonds is 3. The molecule has 0 aromatic heterocycles. The Balaban J connectivity index is 3.00. The topological polar surface area (TPSA) is 107 Å². The summed E-state index contributed by atoms with van der Waals surface area (Å²) in [5.41, 5.74) is 17.7. The Bertz CT molecular complexity index is 446. The third-order valence-corrected chi connectivity index (χ3v) is 1.99. The number of primary amides is 1. The fourth-order valence-electron chi connectivity index (χ4n) is 1.11. The first kappa shape index (κ1) is 11.8. The highest BCUT2D eigenvalue weighted by atomic mass is 16.1. The van der Waals surface area contributed by atoms with Gasteiger partial charge in [0.2, 0.25) is 0 Å². The molecular weight excluding hydrogens is 204 g/mol. The monoisotopic (exact) mass is 218 g/mol. The smallest absolute Gasteiger partial charge is 0.253 e. The molecule has 0 radical (unpaired) electrons. The van der Waals surface area contributed by atoms with Crippen LogP contribution in [0.5, 0.6) is 0 Å². The summed E-state index contributed by atoms with van der Waals surface area (Å²) in [4.78, 5) is 15.0. The molecule has 6 N–H and O–H groups in total. The lowest BCUT2D eigenvalue weighted by Gasteiger charge is -2.02. The van der Waals surface area contributed by atoms with E-state index in [1.807, 2.05) is 19.1 Å². The van der Waals surface area contributed by atoms with E-state index >= 15 is 0 Å². The van der Waals surface area contributed by atoms with E-state index in [2.05, 4.69) is 4.99 Å². The summed E-state index contributed by atoms with van der Waals surface area (Å²) in [5, 5.41) is 0. The average Bonchev–Trinajstić information content (AvgIpc) is 2.22. The summed E-state index contributed by atoms with van der Waals surface area (Å²) in [6, 6.07) is 7.36. The van der Waals surface area contributed by atoms with E-state index in [1.165, 1.54) is 0 Å². The number of aliphatic imine (C=N–C) groups is 1. The molecule has 1 rings (SSSR count). The minimum absolute atomic E-state index is 0.0128. The highest BCUT2D eigenvalue weighted by Crippen LogP contribution is 2.13. The standard InChI is InChI=1S/C11H14N4O/c1-7-2-4-8(5-3-7)15-10(13)9(6-12)11(14)16/h2-6H,12H2,1H3,(H2,13,15)(H2,14,16). The van der Waals surface area contributed by atoms with Crippen LogP contribution in [-0.4, -0.2) is 11.7 Å². The van der Waals surface area contributed by atoms with Crippen molar-refractivity contribution in [1.29, 1.82) is 0 Å². The Kier molecular flexibility index (Phi) is 3.66. The predicted octanol–water partition coefficient (Wildman–Crippen LogP) is 0.312. The third kappa shape index (κ3) is 2.84. The number of amides is 1. The molecule has 1 aromatic carbocycles. The summed E-state index contributed by atoms with van der Waals surface area (Å²) in [7, 11) is 0. The van der Waals surface area contributed by atoms with Crippen molar-refractivity contribution in [3.05, 3.63) is 41.6 Å². The number of hydrogen-bond acceptors (Lipinski definition) is 3. The minimum atomic E-state index is -0.698. The van der Waals surface area contributed by atoms with Crippen LogP contribution < -0.4 is 17.2 Å². The highest BCUT2D eigenvalue weighted by molar-refractivity contribution is 6.20. The van der Waals surface area contributed by atoms with Crippen LogP contribution in [0.3, 0.4) is 0 Å². The molecule has 0 spiro atoms. The van der Waals surface area contributed by atoms with Crippen LogP contribution in [-0.2, 0) is 4.79 Å². The molecule has 1 aromatic rings. The van der Waals surface area contributed by atoms with Gasteiger partial charge in [0.25, 0.3) is 5.91 Å². The second-order valence-corrected chi connectivity index (χ2v) is 3.28. The van der Waals surface area contributed by atoms with Crippen molar-refractivity contribution in [2.75, 3.05) is 0 Å². The number of carbonyl (C=O) groups excluding carboxylic acids is 1. The van der Waals surface area contributed by atoms with E-state index < -0.39 is 5.91 Å². The maximum atomic E-state index is 10.9. The molecule has 0 aliphatic rings. The van der Waals surface area contributed by atoms with E-state index in [9.17, 15) is 4.79 Å². The molecule has 5 heteroatoms. The van der Waals surface area contributed by atoms with Gasteiger partial charge in [-0.3, -0.25) is 4.79 Å². The first-order valence-corrected chi connectivity index (χ1v) is 4.67. The maximum Gasteiger partial charge on any atom is 0.253 e. The maximum absolute atomic E-state index is 10.9. The molecule has 0 saturated heterocycles. The van der Waals surface area contributed by atoms with Crippen molar-refractivity contribution in [3.8, 4) is 0 Å². The molecular formula is C11H14N4O. The van der Waals surface area contributed by atoms with Gasteiger partial charge in [0, 0.05) is 6.20 Å². The minimum Gasteiger partial charge on any atom is -0.404 e. The molecule has 0 bridgehead atoms. The fourth-order valence-corrected chi connectivity index (χ4v) is 1.11. The second kappa shape index (κ2) is 4.97. The zero-order valence-electron chi connectivity index (χ0n) is 8.97. The van der Waals surface area contributed by atoms with Gasteiger partial charge in [-0.1, -0.05) is 17.7 Å². The van der Waals surface area contributed by atoms with Gasteiger partial charge < -0.3 is 17.2 Å². The Labute approximate surface area is 93.6 Å². The van der Waals surface area contributed by atoms with Crippen LogP contribution in [0.4, 0.5) is 5.69 Å². The predicted molar refractivity (Wildman–Crippen MR) is 63.9 cm³/mol. The number of carbonyl (C=O) groups is 1. The fraction of sp³-hybridized carbons (Fsp3) is 0.0909. The van der Waals surface area contributed by atoms with Gasteiger partial charge in [-0.25, -0.2) is 4.99 Å². The number of benzene rings is 1. The normalized spacial score (nSPS) is 12.6. The lowest BCUT2D eigenvalue weighted by Crippen LogP contribution is -2.27. The SMILES string of the molecule is Cc1ccc(N=C(N)C(=CN)C(N)=O)cc1. The number of amidine groups is 1. The summed E-state index contributed by atoms with van der Waals surface area (Å²) < 4.78 is 0. The Hall–Kier alpha value is -2.30. The average molecular weight is 218 g/mol. The molecule has 5 nitrogen and oxygen atoms in total. The summed E-state index contributed by atoms with van der Waals surface area (Å²) in [6.45, 7) is 1.96. The van der Waals surface area contributed by atoms with Crippen molar-refractivity contribution < 1.29 is 4.79 Å². The number of hydrogen-bond donors (Lipinski definition) is 3. The zero-order valence-corrected chi connectivity index (χ0v) is 8.97. The molecule has 0 saturated carbocycles. The van der Waals surface area contributed by atoms with Crippen molar-refractivity contribution in [2.45, 2.75) is 6.92 Å². The van der Waals surface area contributed by atoms with Crippen molar-refractivity contribution in [2.24, 2.45) is 22.2 Å². The summed E-state index contributed by atoms with van der Waals surface area (Å²) in [6.07, 6.45) is 1.05. The van der Waals surface area contributed by atoms with Crippen LogP contribution >= 0.6 is 0 Å². The van der Waals surface area contributed by atoms with E-state index in [0.29, 0.717) is 5.69 Å². The van der Waals surface area contributed by atoms with Gasteiger partial charge in [-0.2, -0.15) is 0 Å². The van der Waals surface area contributed by atoms with E-state index in [-0.39, 0.29) is 11.4 Å². The molecule has 0 aliphatic carbocycles. The van der Waals surface area contributed by atoms with Gasteiger partial charge in [0.15, 0.2) is 0 Å². The lowest BCUT2D eigenvalue weighted by atomic mass is 10.2. The van der Waals surface area contributed by atoms with Crippen LogP contribution in [0, 0.1) is 6.92 Å². The van der Waals surface area contributed by atoms with Crippen molar-refractivity contribution in [1.82, 2.24) is 0 Å². The van der Waals surface area contributed by atoms with Crippen LogP contribution in [0.1, 0.15) is 5.56 Å². The van der Waals surface area contributed by atoms with Gasteiger partial charge in [0.05, 0.1) is 11.3 Å². The number of aryl methyl sites for hydroxylation is 1. The van der Waals surface area contributed by atoms with Crippen molar-refractivity contribution in [3.63, 3.8) is 0 Å². The summed E-state index contributed by atoms with van der Waals surface area (Å²) >= 11 is 0. The first-order chi connectivity index (χ1) is 7.54. The largest absolute Gasteiger partial charge is 0.404 e. The molecule has 1 amide bonds. The summed E-state index contributed by atoms with van der Waals surface area (Å²) in [5.74, 6) is -0.685. The molecule has 84 valence electrons. The van der Waals surface area contributed by atoms with Crippen molar-refractivity contribution >= 4 is 17.4 Å². The lowest BCUT2D eigenvalue weighted by molar-refractivity contribution is -0.114. The Morgan fingerprint density at radius 3 is 2.25 bits per heavy atom.